The van der Waals surface area contributed by atoms with E-state index in [-0.39, 0.29) is 5.91 Å². The quantitative estimate of drug-likeness (QED) is 0.583. The minimum absolute atomic E-state index is 0.299. The highest BCUT2D eigenvalue weighted by atomic mass is 35.5. The van der Waals surface area contributed by atoms with Crippen LogP contribution in [-0.2, 0) is 0 Å². The van der Waals surface area contributed by atoms with Crippen LogP contribution >= 0.6 is 22.9 Å². The van der Waals surface area contributed by atoms with Crippen molar-refractivity contribution in [1.29, 1.82) is 0 Å². The van der Waals surface area contributed by atoms with Crippen molar-refractivity contribution in [2.24, 2.45) is 0 Å². The van der Waals surface area contributed by atoms with Gasteiger partial charge in [0, 0.05) is 29.4 Å². The Balaban J connectivity index is 1.64. The molecule has 9 heteroatoms. The van der Waals surface area contributed by atoms with Crippen LogP contribution in [0.1, 0.15) is 21.6 Å². The Labute approximate surface area is 157 Å². The molecule has 4 rings (SSSR count). The van der Waals surface area contributed by atoms with Crippen LogP contribution < -0.4 is 5.43 Å². The predicted octanol–water partition coefficient (Wildman–Crippen LogP) is 3.60. The van der Waals surface area contributed by atoms with E-state index in [2.05, 4.69) is 25.4 Å². The molecule has 4 aromatic heterocycles. The van der Waals surface area contributed by atoms with Gasteiger partial charge in [-0.25, -0.2) is 15.0 Å². The van der Waals surface area contributed by atoms with E-state index in [0.29, 0.717) is 27.2 Å². The van der Waals surface area contributed by atoms with Crippen molar-refractivity contribution in [3.8, 4) is 10.8 Å². The highest BCUT2D eigenvalue weighted by Gasteiger charge is 2.16. The van der Waals surface area contributed by atoms with Gasteiger partial charge in [0.1, 0.15) is 5.15 Å². The molecule has 0 aliphatic carbocycles. The van der Waals surface area contributed by atoms with Gasteiger partial charge in [-0.3, -0.25) is 19.9 Å². The number of thiazole rings is 1. The van der Waals surface area contributed by atoms with Crippen LogP contribution in [0.15, 0.2) is 36.2 Å². The molecule has 0 radical (unpaired) electrons. The predicted molar refractivity (Wildman–Crippen MR) is 101 cm³/mol. The summed E-state index contributed by atoms with van der Waals surface area (Å²) in [5.41, 5.74) is 5.67. The van der Waals surface area contributed by atoms with Crippen molar-refractivity contribution < 1.29 is 4.79 Å². The maximum absolute atomic E-state index is 12.7. The second-order valence-electron chi connectivity index (χ2n) is 5.68. The molecule has 1 N–H and O–H groups in total. The smallest absolute Gasteiger partial charge is 0.267 e. The van der Waals surface area contributed by atoms with Crippen LogP contribution in [0.3, 0.4) is 0 Å². The van der Waals surface area contributed by atoms with Crippen molar-refractivity contribution in [2.45, 2.75) is 13.8 Å². The van der Waals surface area contributed by atoms with Crippen molar-refractivity contribution in [1.82, 2.24) is 24.6 Å². The van der Waals surface area contributed by atoms with Gasteiger partial charge in [0.25, 0.3) is 5.91 Å². The fraction of sp³-hybridized carbons (Fsp3) is 0.118. The van der Waals surface area contributed by atoms with Gasteiger partial charge >= 0.3 is 0 Å². The Morgan fingerprint density at radius 1 is 1.27 bits per heavy atom. The van der Waals surface area contributed by atoms with Gasteiger partial charge < -0.3 is 0 Å². The molecule has 0 bridgehead atoms. The third-order valence-electron chi connectivity index (χ3n) is 3.92. The number of aromatic nitrogens is 5. The molecule has 130 valence electrons. The van der Waals surface area contributed by atoms with Gasteiger partial charge in [0.15, 0.2) is 10.8 Å². The zero-order valence-corrected chi connectivity index (χ0v) is 15.5. The molecule has 0 saturated carbocycles. The summed E-state index contributed by atoms with van der Waals surface area (Å²) in [6.07, 6.45) is 6.79. The Kier molecular flexibility index (Phi) is 4.14. The first-order valence-electron chi connectivity index (χ1n) is 7.71. The number of nitrogens with zero attached hydrogens (tertiary/aromatic N) is 5. The van der Waals surface area contributed by atoms with E-state index in [0.717, 1.165) is 16.5 Å². The molecule has 0 spiro atoms. The highest BCUT2D eigenvalue weighted by Crippen LogP contribution is 2.23. The topological polar surface area (TPSA) is 85.6 Å². The van der Waals surface area contributed by atoms with Gasteiger partial charge in [0.05, 0.1) is 23.0 Å². The van der Waals surface area contributed by atoms with Crippen molar-refractivity contribution in [2.75, 3.05) is 5.43 Å². The first-order valence-corrected chi connectivity index (χ1v) is 8.97. The van der Waals surface area contributed by atoms with Gasteiger partial charge in [-0.05, 0) is 25.5 Å². The van der Waals surface area contributed by atoms with Crippen LogP contribution in [-0.4, -0.2) is 30.5 Å². The van der Waals surface area contributed by atoms with E-state index in [1.54, 1.807) is 29.4 Å². The van der Waals surface area contributed by atoms with Gasteiger partial charge in [0.2, 0.25) is 0 Å². The van der Waals surface area contributed by atoms with E-state index in [1.165, 1.54) is 17.5 Å². The maximum atomic E-state index is 12.7. The fourth-order valence-corrected chi connectivity index (χ4v) is 3.54. The molecule has 0 atom stereocenters. The van der Waals surface area contributed by atoms with E-state index in [1.807, 2.05) is 19.2 Å². The minimum atomic E-state index is -0.299. The third-order valence-corrected chi connectivity index (χ3v) is 5.08. The van der Waals surface area contributed by atoms with Crippen LogP contribution in [0.2, 0.25) is 5.15 Å². The number of carbonyl (C=O) groups excluding carboxylic acids is 1. The number of hydrogen-bond acceptors (Lipinski definition) is 6. The Morgan fingerprint density at radius 3 is 2.85 bits per heavy atom. The fourth-order valence-electron chi connectivity index (χ4n) is 2.66. The summed E-state index contributed by atoms with van der Waals surface area (Å²) >= 11 is 7.20. The molecule has 4 aromatic rings. The molecular weight excluding hydrogens is 372 g/mol. The Hall–Kier alpha value is -2.84. The molecule has 0 fully saturated rings. The van der Waals surface area contributed by atoms with E-state index < -0.39 is 0 Å². The van der Waals surface area contributed by atoms with E-state index in [9.17, 15) is 4.79 Å². The molecular formula is C17H13ClN6OS. The lowest BCUT2D eigenvalue weighted by Gasteiger charge is -2.09. The number of fused-ring (bicyclic) bond motifs is 1. The third kappa shape index (κ3) is 2.93. The SMILES string of the molecule is Cc1nc(-c2nc(Cl)cs2)ncc1C(=O)Nn1cc(C)c2ccncc21. The number of rotatable bonds is 3. The number of halogens is 1. The van der Waals surface area contributed by atoms with E-state index in [4.69, 9.17) is 11.6 Å². The minimum Gasteiger partial charge on any atom is -0.267 e. The molecule has 1 amide bonds. The van der Waals surface area contributed by atoms with Crippen LogP contribution in [0.5, 0.6) is 0 Å². The molecule has 7 nitrogen and oxygen atoms in total. The molecule has 0 saturated heterocycles. The zero-order valence-electron chi connectivity index (χ0n) is 13.9. The monoisotopic (exact) mass is 384 g/mol. The highest BCUT2D eigenvalue weighted by molar-refractivity contribution is 7.13. The maximum Gasteiger partial charge on any atom is 0.273 e. The first kappa shape index (κ1) is 16.6. The average molecular weight is 385 g/mol. The largest absolute Gasteiger partial charge is 0.273 e. The summed E-state index contributed by atoms with van der Waals surface area (Å²) < 4.78 is 1.66. The summed E-state index contributed by atoms with van der Waals surface area (Å²) in [6.45, 7) is 3.74. The first-order chi connectivity index (χ1) is 12.5. The van der Waals surface area contributed by atoms with Crippen LogP contribution in [0.4, 0.5) is 0 Å². The Bertz CT molecular complexity index is 1140. The summed E-state index contributed by atoms with van der Waals surface area (Å²) in [7, 11) is 0. The van der Waals surface area contributed by atoms with Gasteiger partial charge in [-0.15, -0.1) is 11.3 Å². The van der Waals surface area contributed by atoms with Gasteiger partial charge in [-0.1, -0.05) is 11.6 Å². The lowest BCUT2D eigenvalue weighted by atomic mass is 10.2. The molecule has 26 heavy (non-hydrogen) atoms. The number of hydrogen-bond donors (Lipinski definition) is 1. The lowest BCUT2D eigenvalue weighted by molar-refractivity contribution is 0.101. The molecule has 0 aliphatic rings. The summed E-state index contributed by atoms with van der Waals surface area (Å²) in [5, 5.41) is 3.76. The summed E-state index contributed by atoms with van der Waals surface area (Å²) in [6, 6.07) is 1.91. The van der Waals surface area contributed by atoms with Crippen LogP contribution in [0, 0.1) is 13.8 Å². The zero-order chi connectivity index (χ0) is 18.3. The summed E-state index contributed by atoms with van der Waals surface area (Å²) in [5.74, 6) is 0.148. The van der Waals surface area contributed by atoms with E-state index >= 15 is 0 Å². The normalized spacial score (nSPS) is 11.0. The van der Waals surface area contributed by atoms with Crippen molar-refractivity contribution in [3.63, 3.8) is 0 Å². The van der Waals surface area contributed by atoms with Gasteiger partial charge in [-0.2, -0.15) is 0 Å². The molecule has 4 heterocycles. The second-order valence-corrected chi connectivity index (χ2v) is 6.93. The van der Waals surface area contributed by atoms with Crippen molar-refractivity contribution >= 4 is 39.7 Å². The summed E-state index contributed by atoms with van der Waals surface area (Å²) in [4.78, 5) is 29.6. The Morgan fingerprint density at radius 2 is 2.12 bits per heavy atom. The number of aryl methyl sites for hydroxylation is 2. The molecule has 0 unspecified atom stereocenters. The molecule has 0 aromatic carbocycles. The number of pyridine rings is 1. The standard InChI is InChI=1S/C17H13ClN6OS/c1-9-7-24(13-6-19-4-3-11(9)13)23-16(25)12-5-20-15(21-10(12)2)17-22-14(18)8-26-17/h3-8H,1-2H3,(H,23,25). The second kappa shape index (κ2) is 6.47. The number of amides is 1. The molecule has 0 aliphatic heterocycles. The van der Waals surface area contributed by atoms with Crippen molar-refractivity contribution in [3.05, 3.63) is 58.2 Å². The number of nitrogens with one attached hydrogen (secondary N) is 1. The lowest BCUT2D eigenvalue weighted by Crippen LogP contribution is -2.23. The number of carbonyl (C=O) groups is 1. The average Bonchev–Trinajstić information content (AvgIpc) is 3.19. The van der Waals surface area contributed by atoms with Crippen LogP contribution in [0.25, 0.3) is 21.7 Å².